The van der Waals surface area contributed by atoms with E-state index in [1.807, 2.05) is 24.3 Å². The van der Waals surface area contributed by atoms with Gasteiger partial charge in [0.1, 0.15) is 0 Å². The van der Waals surface area contributed by atoms with E-state index in [1.54, 1.807) is 36.0 Å². The number of non-ortho nitro benzene ring substituents is 1. The molecule has 0 atom stereocenters. The fraction of sp³-hybridized carbons (Fsp3) is 0.188. The summed E-state index contributed by atoms with van der Waals surface area (Å²) < 4.78 is 2.16. The van der Waals surface area contributed by atoms with Gasteiger partial charge in [-0.15, -0.1) is 0 Å². The van der Waals surface area contributed by atoms with Crippen LogP contribution in [0, 0.1) is 10.1 Å². The Morgan fingerprint density at radius 2 is 1.91 bits per heavy atom. The van der Waals surface area contributed by atoms with Gasteiger partial charge in [-0.25, -0.2) is 4.98 Å². The molecule has 0 amide bonds. The van der Waals surface area contributed by atoms with Crippen molar-refractivity contribution < 1.29 is 4.92 Å². The van der Waals surface area contributed by atoms with Crippen LogP contribution in [0.25, 0.3) is 11.0 Å². The van der Waals surface area contributed by atoms with Gasteiger partial charge >= 0.3 is 0 Å². The van der Waals surface area contributed by atoms with Crippen molar-refractivity contribution in [2.75, 3.05) is 5.75 Å². The summed E-state index contributed by atoms with van der Waals surface area (Å²) in [5.41, 5.74) is 3.19. The van der Waals surface area contributed by atoms with Crippen LogP contribution in [0.5, 0.6) is 0 Å². The molecule has 0 fully saturated rings. The lowest BCUT2D eigenvalue weighted by atomic mass is 10.2. The third-order valence-corrected chi connectivity index (χ3v) is 4.24. The molecule has 0 radical (unpaired) electrons. The first-order chi connectivity index (χ1) is 10.7. The Morgan fingerprint density at radius 3 is 2.59 bits per heavy atom. The molecule has 0 unspecified atom stereocenters. The van der Waals surface area contributed by atoms with Crippen molar-refractivity contribution in [1.82, 2.24) is 9.55 Å². The molecule has 0 aliphatic rings. The lowest BCUT2D eigenvalue weighted by Gasteiger charge is -2.08. The first-order valence-electron chi connectivity index (χ1n) is 7.00. The van der Waals surface area contributed by atoms with Gasteiger partial charge in [-0.05, 0) is 23.4 Å². The third-order valence-electron chi connectivity index (χ3n) is 3.38. The molecule has 0 aliphatic carbocycles. The van der Waals surface area contributed by atoms with E-state index in [4.69, 9.17) is 0 Å². The first kappa shape index (κ1) is 14.6. The number of nitrogens with zero attached hydrogens (tertiary/aromatic N) is 3. The molecule has 5 nitrogen and oxygen atoms in total. The number of imidazole rings is 1. The molecule has 22 heavy (non-hydrogen) atoms. The van der Waals surface area contributed by atoms with Crippen LogP contribution in [-0.4, -0.2) is 20.2 Å². The minimum Gasteiger partial charge on any atom is -0.314 e. The van der Waals surface area contributed by atoms with Gasteiger partial charge in [0.15, 0.2) is 5.16 Å². The number of nitro benzene ring substituents is 1. The molecule has 1 heterocycles. The quantitative estimate of drug-likeness (QED) is 0.404. The lowest BCUT2D eigenvalue weighted by Crippen LogP contribution is -2.01. The van der Waals surface area contributed by atoms with Crippen molar-refractivity contribution in [3.8, 4) is 0 Å². The van der Waals surface area contributed by atoms with E-state index in [9.17, 15) is 10.1 Å². The molecule has 0 N–H and O–H groups in total. The first-order valence-corrected chi connectivity index (χ1v) is 7.99. The molecule has 0 spiro atoms. The molecule has 0 saturated carbocycles. The second-order valence-corrected chi connectivity index (χ2v) is 6.06. The number of benzene rings is 2. The summed E-state index contributed by atoms with van der Waals surface area (Å²) in [5, 5.41) is 11.7. The molecule has 0 aliphatic heterocycles. The van der Waals surface area contributed by atoms with Crippen molar-refractivity contribution in [1.29, 1.82) is 0 Å². The molecule has 6 heteroatoms. The minimum absolute atomic E-state index is 0.113. The number of nitro groups is 1. The van der Waals surface area contributed by atoms with Gasteiger partial charge in [0.05, 0.1) is 22.5 Å². The number of hydrogen-bond donors (Lipinski definition) is 0. The molecular formula is C16H15N3O2S. The Morgan fingerprint density at radius 1 is 1.18 bits per heavy atom. The van der Waals surface area contributed by atoms with Crippen molar-refractivity contribution >= 4 is 28.5 Å². The van der Waals surface area contributed by atoms with Gasteiger partial charge < -0.3 is 4.57 Å². The highest BCUT2D eigenvalue weighted by Crippen LogP contribution is 2.25. The monoisotopic (exact) mass is 313 g/mol. The van der Waals surface area contributed by atoms with Crippen molar-refractivity contribution in [2.45, 2.75) is 18.6 Å². The molecule has 1 aromatic heterocycles. The zero-order chi connectivity index (χ0) is 15.5. The standard InChI is InChI=1S/C16H15N3O2S/c1-2-22-16-17-14-5-3-4-6-15(14)18(16)11-12-7-9-13(10-8-12)19(20)21/h3-10H,2,11H2,1H3. The third kappa shape index (κ3) is 2.82. The maximum Gasteiger partial charge on any atom is 0.269 e. The largest absolute Gasteiger partial charge is 0.314 e. The zero-order valence-corrected chi connectivity index (χ0v) is 12.9. The van der Waals surface area contributed by atoms with Crippen LogP contribution < -0.4 is 0 Å². The Labute approximate surface area is 132 Å². The molecule has 0 saturated heterocycles. The average molecular weight is 313 g/mol. The fourth-order valence-electron chi connectivity index (χ4n) is 2.35. The van der Waals surface area contributed by atoms with E-state index >= 15 is 0 Å². The van der Waals surface area contributed by atoms with Crippen LogP contribution in [0.3, 0.4) is 0 Å². The predicted octanol–water partition coefficient (Wildman–Crippen LogP) is 4.10. The summed E-state index contributed by atoms with van der Waals surface area (Å²) >= 11 is 1.70. The lowest BCUT2D eigenvalue weighted by molar-refractivity contribution is -0.384. The highest BCUT2D eigenvalue weighted by molar-refractivity contribution is 7.99. The van der Waals surface area contributed by atoms with Crippen LogP contribution in [0.1, 0.15) is 12.5 Å². The van der Waals surface area contributed by atoms with E-state index in [-0.39, 0.29) is 10.6 Å². The normalized spacial score (nSPS) is 11.0. The maximum atomic E-state index is 10.7. The number of aromatic nitrogens is 2. The number of fused-ring (bicyclic) bond motifs is 1. The van der Waals surface area contributed by atoms with E-state index in [0.717, 1.165) is 27.5 Å². The molecule has 0 bridgehead atoms. The summed E-state index contributed by atoms with van der Waals surface area (Å²) in [6.45, 7) is 2.75. The second-order valence-electron chi connectivity index (χ2n) is 4.83. The second kappa shape index (κ2) is 6.19. The number of rotatable bonds is 5. The van der Waals surface area contributed by atoms with Gasteiger partial charge in [-0.2, -0.15) is 0 Å². The van der Waals surface area contributed by atoms with Gasteiger partial charge in [0.2, 0.25) is 0 Å². The van der Waals surface area contributed by atoms with E-state index < -0.39 is 0 Å². The van der Waals surface area contributed by atoms with Crippen LogP contribution in [0.4, 0.5) is 5.69 Å². The van der Waals surface area contributed by atoms with Crippen LogP contribution in [-0.2, 0) is 6.54 Å². The SMILES string of the molecule is CCSc1nc2ccccc2n1Cc1ccc([N+](=O)[O-])cc1. The summed E-state index contributed by atoms with van der Waals surface area (Å²) in [6, 6.07) is 14.7. The Hall–Kier alpha value is -2.34. The van der Waals surface area contributed by atoms with E-state index in [2.05, 4.69) is 16.5 Å². The molecular weight excluding hydrogens is 298 g/mol. The molecule has 3 rings (SSSR count). The maximum absolute atomic E-state index is 10.7. The van der Waals surface area contributed by atoms with Crippen molar-refractivity contribution in [2.24, 2.45) is 0 Å². The zero-order valence-electron chi connectivity index (χ0n) is 12.1. The van der Waals surface area contributed by atoms with Crippen LogP contribution in [0.2, 0.25) is 0 Å². The van der Waals surface area contributed by atoms with Crippen LogP contribution >= 0.6 is 11.8 Å². The summed E-state index contributed by atoms with van der Waals surface area (Å²) in [7, 11) is 0. The number of hydrogen-bond acceptors (Lipinski definition) is 4. The minimum atomic E-state index is -0.380. The smallest absolute Gasteiger partial charge is 0.269 e. The number of thioether (sulfide) groups is 1. The topological polar surface area (TPSA) is 61.0 Å². The van der Waals surface area contributed by atoms with Crippen LogP contribution in [0.15, 0.2) is 53.7 Å². The van der Waals surface area contributed by atoms with Crippen molar-refractivity contribution in [3.05, 3.63) is 64.2 Å². The number of para-hydroxylation sites is 2. The average Bonchev–Trinajstić information content (AvgIpc) is 2.86. The van der Waals surface area contributed by atoms with Gasteiger partial charge in [-0.3, -0.25) is 10.1 Å². The van der Waals surface area contributed by atoms with Crippen molar-refractivity contribution in [3.63, 3.8) is 0 Å². The summed E-state index contributed by atoms with van der Waals surface area (Å²) in [5.74, 6) is 0.948. The Bertz CT molecular complexity index is 812. The Balaban J connectivity index is 1.98. The molecule has 2 aromatic carbocycles. The van der Waals surface area contributed by atoms with E-state index in [0.29, 0.717) is 6.54 Å². The molecule has 3 aromatic rings. The fourth-order valence-corrected chi connectivity index (χ4v) is 3.09. The molecule has 112 valence electrons. The Kier molecular flexibility index (Phi) is 4.11. The highest BCUT2D eigenvalue weighted by atomic mass is 32.2. The van der Waals surface area contributed by atoms with Gasteiger partial charge in [0.25, 0.3) is 5.69 Å². The van der Waals surface area contributed by atoms with Gasteiger partial charge in [0, 0.05) is 12.1 Å². The van der Waals surface area contributed by atoms with Gasteiger partial charge in [-0.1, -0.05) is 43.0 Å². The summed E-state index contributed by atoms with van der Waals surface area (Å²) in [4.78, 5) is 15.0. The predicted molar refractivity (Wildman–Crippen MR) is 88.3 cm³/mol. The van der Waals surface area contributed by atoms with E-state index in [1.165, 1.54) is 0 Å². The highest BCUT2D eigenvalue weighted by Gasteiger charge is 2.11. The summed E-state index contributed by atoms with van der Waals surface area (Å²) in [6.07, 6.45) is 0.